The quantitative estimate of drug-likeness (QED) is 0.233. The van der Waals surface area contributed by atoms with E-state index in [1.165, 1.54) is 22.3 Å². The van der Waals surface area contributed by atoms with Crippen molar-refractivity contribution in [3.63, 3.8) is 0 Å². The number of hydrogen-bond acceptors (Lipinski definition) is 1. The lowest BCUT2D eigenvalue weighted by atomic mass is 9.87. The van der Waals surface area contributed by atoms with E-state index in [0.717, 1.165) is 33.5 Å². The Morgan fingerprint density at radius 2 is 0.973 bits per heavy atom. The maximum Gasteiger partial charge on any atom is 0.0708 e. The lowest BCUT2D eigenvalue weighted by Gasteiger charge is -2.18. The zero-order chi connectivity index (χ0) is 25.0. The molecular weight excluding hydrogens is 470 g/mol. The standard InChI is InChI=1S/C35H24ClN/c36-34-19-11-10-18-30(34)33-24-37-35(27-16-8-3-9-17-27)23-32(33)29-21-20-28(25-12-4-1-5-13-25)22-31(29)26-14-6-2-7-15-26/h1-24H. The Bertz CT molecular complexity index is 1660. The molecule has 0 amide bonds. The fraction of sp³-hybridized carbons (Fsp3) is 0. The van der Waals surface area contributed by atoms with Crippen LogP contribution in [-0.4, -0.2) is 4.98 Å². The summed E-state index contributed by atoms with van der Waals surface area (Å²) < 4.78 is 0. The highest BCUT2D eigenvalue weighted by atomic mass is 35.5. The van der Waals surface area contributed by atoms with Crippen LogP contribution >= 0.6 is 11.6 Å². The van der Waals surface area contributed by atoms with Crippen molar-refractivity contribution in [3.05, 3.63) is 151 Å². The number of pyridine rings is 1. The highest BCUT2D eigenvalue weighted by Crippen LogP contribution is 2.42. The molecule has 0 atom stereocenters. The molecule has 176 valence electrons. The second-order valence-electron chi connectivity index (χ2n) is 8.95. The van der Waals surface area contributed by atoms with Gasteiger partial charge in [-0.05, 0) is 51.6 Å². The second-order valence-corrected chi connectivity index (χ2v) is 9.36. The van der Waals surface area contributed by atoms with Crippen molar-refractivity contribution in [1.82, 2.24) is 4.98 Å². The van der Waals surface area contributed by atoms with Crippen LogP contribution in [0.15, 0.2) is 146 Å². The second kappa shape index (κ2) is 10.3. The molecule has 0 saturated heterocycles. The molecule has 0 bridgehead atoms. The summed E-state index contributed by atoms with van der Waals surface area (Å²) in [6.07, 6.45) is 1.96. The Hall–Kier alpha value is -4.46. The summed E-state index contributed by atoms with van der Waals surface area (Å²) in [6, 6.07) is 48.3. The van der Waals surface area contributed by atoms with Gasteiger partial charge in [0.1, 0.15) is 0 Å². The maximum absolute atomic E-state index is 6.71. The first-order valence-corrected chi connectivity index (χ1v) is 12.7. The largest absolute Gasteiger partial charge is 0.256 e. The lowest BCUT2D eigenvalue weighted by molar-refractivity contribution is 1.32. The van der Waals surface area contributed by atoms with Gasteiger partial charge in [-0.2, -0.15) is 0 Å². The van der Waals surface area contributed by atoms with Crippen molar-refractivity contribution in [3.8, 4) is 55.8 Å². The molecule has 0 unspecified atom stereocenters. The van der Waals surface area contributed by atoms with Crippen LogP contribution < -0.4 is 0 Å². The van der Waals surface area contributed by atoms with E-state index < -0.39 is 0 Å². The molecular formula is C35H24ClN. The molecule has 2 heteroatoms. The predicted octanol–water partition coefficient (Wildman–Crippen LogP) is 10.1. The van der Waals surface area contributed by atoms with E-state index in [1.54, 1.807) is 0 Å². The van der Waals surface area contributed by atoms with Gasteiger partial charge < -0.3 is 0 Å². The van der Waals surface area contributed by atoms with Gasteiger partial charge in [0.2, 0.25) is 0 Å². The number of benzene rings is 5. The average Bonchev–Trinajstić information content (AvgIpc) is 2.98. The number of halogens is 1. The van der Waals surface area contributed by atoms with Gasteiger partial charge in [-0.25, -0.2) is 0 Å². The van der Waals surface area contributed by atoms with Crippen molar-refractivity contribution in [2.24, 2.45) is 0 Å². The molecule has 1 nitrogen and oxygen atoms in total. The third kappa shape index (κ3) is 4.70. The molecule has 6 rings (SSSR count). The Kier molecular flexibility index (Phi) is 6.37. The van der Waals surface area contributed by atoms with Gasteiger partial charge in [-0.3, -0.25) is 4.98 Å². The van der Waals surface area contributed by atoms with E-state index in [0.29, 0.717) is 5.02 Å². The van der Waals surface area contributed by atoms with Crippen LogP contribution in [0.5, 0.6) is 0 Å². The fourth-order valence-electron chi connectivity index (χ4n) is 4.79. The third-order valence-corrected chi connectivity index (χ3v) is 6.97. The minimum atomic E-state index is 0.708. The molecule has 0 aliphatic rings. The average molecular weight is 494 g/mol. The van der Waals surface area contributed by atoms with Crippen LogP contribution in [0, 0.1) is 0 Å². The first-order valence-electron chi connectivity index (χ1n) is 12.3. The molecule has 0 saturated carbocycles. The molecule has 37 heavy (non-hydrogen) atoms. The first kappa shape index (κ1) is 23.0. The van der Waals surface area contributed by atoms with Crippen LogP contribution in [0.1, 0.15) is 0 Å². The van der Waals surface area contributed by atoms with Crippen LogP contribution in [0.2, 0.25) is 5.02 Å². The van der Waals surface area contributed by atoms with Gasteiger partial charge in [0.05, 0.1) is 5.69 Å². The van der Waals surface area contributed by atoms with Gasteiger partial charge in [-0.15, -0.1) is 0 Å². The predicted molar refractivity (Wildman–Crippen MR) is 156 cm³/mol. The Morgan fingerprint density at radius 1 is 0.378 bits per heavy atom. The Labute approximate surface area is 222 Å². The smallest absolute Gasteiger partial charge is 0.0708 e. The topological polar surface area (TPSA) is 12.9 Å². The summed E-state index contributed by atoms with van der Waals surface area (Å²) in [4.78, 5) is 4.86. The SMILES string of the molecule is Clc1ccccc1-c1cnc(-c2ccccc2)cc1-c1ccc(-c2ccccc2)cc1-c1ccccc1. The van der Waals surface area contributed by atoms with E-state index in [1.807, 2.05) is 48.7 Å². The number of hydrogen-bond donors (Lipinski definition) is 0. The zero-order valence-corrected chi connectivity index (χ0v) is 20.9. The van der Waals surface area contributed by atoms with Crippen molar-refractivity contribution in [2.45, 2.75) is 0 Å². The molecule has 0 N–H and O–H groups in total. The molecule has 0 aliphatic heterocycles. The summed E-state index contributed by atoms with van der Waals surface area (Å²) in [7, 11) is 0. The lowest BCUT2D eigenvalue weighted by Crippen LogP contribution is -1.94. The maximum atomic E-state index is 6.71. The van der Waals surface area contributed by atoms with Crippen molar-refractivity contribution in [2.75, 3.05) is 0 Å². The first-order chi connectivity index (χ1) is 18.3. The van der Waals surface area contributed by atoms with E-state index in [9.17, 15) is 0 Å². The van der Waals surface area contributed by atoms with Crippen LogP contribution in [0.25, 0.3) is 55.8 Å². The van der Waals surface area contributed by atoms with Crippen LogP contribution in [0.3, 0.4) is 0 Å². The van der Waals surface area contributed by atoms with Crippen LogP contribution in [-0.2, 0) is 0 Å². The van der Waals surface area contributed by atoms with Crippen molar-refractivity contribution in [1.29, 1.82) is 0 Å². The molecule has 1 heterocycles. The summed E-state index contributed by atoms with van der Waals surface area (Å²) in [5.74, 6) is 0. The van der Waals surface area contributed by atoms with Gasteiger partial charge in [0.25, 0.3) is 0 Å². The monoisotopic (exact) mass is 493 g/mol. The highest BCUT2D eigenvalue weighted by Gasteiger charge is 2.17. The number of nitrogens with zero attached hydrogens (tertiary/aromatic N) is 1. The Morgan fingerprint density at radius 3 is 1.65 bits per heavy atom. The molecule has 5 aromatic carbocycles. The molecule has 0 fully saturated rings. The van der Waals surface area contributed by atoms with E-state index in [-0.39, 0.29) is 0 Å². The van der Waals surface area contributed by atoms with Crippen LogP contribution in [0.4, 0.5) is 0 Å². The van der Waals surface area contributed by atoms with Gasteiger partial charge >= 0.3 is 0 Å². The summed E-state index contributed by atoms with van der Waals surface area (Å²) in [6.45, 7) is 0. The van der Waals surface area contributed by atoms with Crippen molar-refractivity contribution < 1.29 is 0 Å². The fourth-order valence-corrected chi connectivity index (χ4v) is 5.02. The molecule has 6 aromatic rings. The summed E-state index contributed by atoms with van der Waals surface area (Å²) >= 11 is 6.71. The normalized spacial score (nSPS) is 10.8. The van der Waals surface area contributed by atoms with Gasteiger partial charge in [0, 0.05) is 27.9 Å². The molecule has 1 aromatic heterocycles. The van der Waals surface area contributed by atoms with Gasteiger partial charge in [0.15, 0.2) is 0 Å². The summed E-state index contributed by atoms with van der Waals surface area (Å²) in [5.41, 5.74) is 10.9. The van der Waals surface area contributed by atoms with Gasteiger partial charge in [-0.1, -0.05) is 133 Å². The molecule has 0 aliphatic carbocycles. The van der Waals surface area contributed by atoms with E-state index in [2.05, 4.69) is 97.1 Å². The minimum absolute atomic E-state index is 0.708. The Balaban J connectivity index is 1.63. The number of aromatic nitrogens is 1. The minimum Gasteiger partial charge on any atom is -0.256 e. The molecule has 0 spiro atoms. The zero-order valence-electron chi connectivity index (χ0n) is 20.2. The third-order valence-electron chi connectivity index (χ3n) is 6.64. The van der Waals surface area contributed by atoms with E-state index >= 15 is 0 Å². The van der Waals surface area contributed by atoms with E-state index in [4.69, 9.17) is 16.6 Å². The number of rotatable bonds is 5. The molecule has 0 radical (unpaired) electrons. The highest BCUT2D eigenvalue weighted by molar-refractivity contribution is 6.33. The summed E-state index contributed by atoms with van der Waals surface area (Å²) in [5, 5.41) is 0.708. The van der Waals surface area contributed by atoms with Crippen molar-refractivity contribution >= 4 is 11.6 Å².